The normalized spacial score (nSPS) is 19.8. The fraction of sp³-hybridized carbons (Fsp3) is 0.500. The van der Waals surface area contributed by atoms with Crippen LogP contribution < -0.4 is 4.90 Å². The lowest BCUT2D eigenvalue weighted by Gasteiger charge is -2.43. The zero-order chi connectivity index (χ0) is 19.8. The quantitative estimate of drug-likeness (QED) is 0.723. The number of anilines is 1. The Morgan fingerprint density at radius 1 is 1.28 bits per heavy atom. The van der Waals surface area contributed by atoms with Crippen LogP contribution in [0.15, 0.2) is 29.2 Å². The van der Waals surface area contributed by atoms with Crippen molar-refractivity contribution in [2.75, 3.05) is 31.1 Å². The van der Waals surface area contributed by atoms with E-state index in [1.807, 2.05) is 30.2 Å². The van der Waals surface area contributed by atoms with Gasteiger partial charge in [-0.25, -0.2) is 9.97 Å². The van der Waals surface area contributed by atoms with E-state index in [0.717, 1.165) is 48.5 Å². The van der Waals surface area contributed by atoms with Crippen molar-refractivity contribution in [3.63, 3.8) is 0 Å². The van der Waals surface area contributed by atoms with Gasteiger partial charge in [0.05, 0.1) is 42.8 Å². The van der Waals surface area contributed by atoms with Crippen LogP contribution in [0.1, 0.15) is 30.7 Å². The molecule has 5 heterocycles. The fourth-order valence-corrected chi connectivity index (χ4v) is 4.36. The number of hydrogen-bond donors (Lipinski definition) is 1. The fourth-order valence-electron chi connectivity index (χ4n) is 4.36. The standard InChI is InChI=1S/C20H24N6O3/c1-14-10-15(29-24-14)11-26-12-20(28-9-3-17(26)27)4-7-25(8-5-20)19-16-2-6-21-18(16)22-13-23-19/h2,6,10,13H,3-5,7-9,11-12H2,1H3,(H,21,22,23). The van der Waals surface area contributed by atoms with Gasteiger partial charge in [0.15, 0.2) is 5.76 Å². The lowest BCUT2D eigenvalue weighted by atomic mass is 9.90. The van der Waals surface area contributed by atoms with Crippen LogP contribution in [0.25, 0.3) is 11.0 Å². The van der Waals surface area contributed by atoms with Gasteiger partial charge in [-0.15, -0.1) is 0 Å². The average molecular weight is 396 g/mol. The average Bonchev–Trinajstić information content (AvgIpc) is 3.33. The Morgan fingerprint density at radius 2 is 2.14 bits per heavy atom. The summed E-state index contributed by atoms with van der Waals surface area (Å²) < 4.78 is 11.6. The topological polar surface area (TPSA) is 100 Å². The van der Waals surface area contributed by atoms with Crippen LogP contribution in [-0.2, 0) is 16.1 Å². The maximum absolute atomic E-state index is 12.6. The minimum absolute atomic E-state index is 0.100. The number of fused-ring (bicyclic) bond motifs is 1. The predicted octanol–water partition coefficient (Wildman–Crippen LogP) is 2.04. The Bertz CT molecular complexity index is 1020. The number of ether oxygens (including phenoxy) is 1. The van der Waals surface area contributed by atoms with Gasteiger partial charge in [0.2, 0.25) is 5.91 Å². The lowest BCUT2D eigenvalue weighted by Crippen LogP contribution is -2.52. The first-order chi connectivity index (χ1) is 14.1. The third kappa shape index (κ3) is 3.46. The van der Waals surface area contributed by atoms with Crippen molar-refractivity contribution in [3.05, 3.63) is 36.1 Å². The number of aryl methyl sites for hydroxylation is 1. The van der Waals surface area contributed by atoms with E-state index in [4.69, 9.17) is 9.26 Å². The summed E-state index contributed by atoms with van der Waals surface area (Å²) in [5, 5.41) is 4.96. The summed E-state index contributed by atoms with van der Waals surface area (Å²) in [6.45, 7) is 4.99. The van der Waals surface area contributed by atoms with E-state index in [2.05, 4.69) is 25.0 Å². The molecule has 0 atom stereocenters. The highest BCUT2D eigenvalue weighted by Gasteiger charge is 2.41. The molecule has 0 aromatic carbocycles. The van der Waals surface area contributed by atoms with Crippen molar-refractivity contribution in [1.29, 1.82) is 0 Å². The van der Waals surface area contributed by atoms with Crippen molar-refractivity contribution in [3.8, 4) is 0 Å². The molecular formula is C20H24N6O3. The Hall–Kier alpha value is -2.94. The molecule has 29 heavy (non-hydrogen) atoms. The van der Waals surface area contributed by atoms with E-state index in [1.165, 1.54) is 0 Å². The maximum Gasteiger partial charge on any atom is 0.225 e. The number of nitrogens with zero attached hydrogens (tertiary/aromatic N) is 5. The molecular weight excluding hydrogens is 372 g/mol. The number of H-pyrrole nitrogens is 1. The molecule has 1 amide bonds. The number of carbonyl (C=O) groups excluding carboxylic acids is 1. The Morgan fingerprint density at radius 3 is 2.93 bits per heavy atom. The molecule has 0 bridgehead atoms. The molecule has 3 aromatic heterocycles. The Kier molecular flexibility index (Phi) is 4.46. The Balaban J connectivity index is 1.32. The zero-order valence-electron chi connectivity index (χ0n) is 16.4. The number of piperidine rings is 1. The second-order valence-corrected chi connectivity index (χ2v) is 7.89. The third-order valence-electron chi connectivity index (χ3n) is 5.89. The molecule has 9 nitrogen and oxygen atoms in total. The summed E-state index contributed by atoms with van der Waals surface area (Å²) in [4.78, 5) is 28.7. The Labute approximate surface area is 168 Å². The number of nitrogens with one attached hydrogen (secondary N) is 1. The summed E-state index contributed by atoms with van der Waals surface area (Å²) in [5.74, 6) is 1.76. The number of amides is 1. The summed E-state index contributed by atoms with van der Waals surface area (Å²) in [5.41, 5.74) is 1.34. The van der Waals surface area contributed by atoms with Gasteiger partial charge in [0.25, 0.3) is 0 Å². The predicted molar refractivity (Wildman–Crippen MR) is 105 cm³/mol. The van der Waals surface area contributed by atoms with E-state index < -0.39 is 0 Å². The first-order valence-corrected chi connectivity index (χ1v) is 9.99. The van der Waals surface area contributed by atoms with Crippen molar-refractivity contribution in [2.45, 2.75) is 38.3 Å². The molecule has 3 aromatic rings. The monoisotopic (exact) mass is 396 g/mol. The molecule has 1 spiro atoms. The molecule has 2 aliphatic heterocycles. The van der Waals surface area contributed by atoms with Gasteiger partial charge in [-0.05, 0) is 25.8 Å². The molecule has 2 saturated heterocycles. The smallest absolute Gasteiger partial charge is 0.225 e. The summed E-state index contributed by atoms with van der Waals surface area (Å²) in [6.07, 6.45) is 5.55. The van der Waals surface area contributed by atoms with E-state index >= 15 is 0 Å². The van der Waals surface area contributed by atoms with Crippen molar-refractivity contribution < 1.29 is 14.1 Å². The molecule has 2 fully saturated rings. The van der Waals surface area contributed by atoms with Crippen LogP contribution in [0.2, 0.25) is 0 Å². The number of rotatable bonds is 3. The molecule has 0 saturated carbocycles. The summed E-state index contributed by atoms with van der Waals surface area (Å²) in [7, 11) is 0. The summed E-state index contributed by atoms with van der Waals surface area (Å²) >= 11 is 0. The molecule has 9 heteroatoms. The van der Waals surface area contributed by atoms with Gasteiger partial charge in [-0.3, -0.25) is 4.79 Å². The highest BCUT2D eigenvalue weighted by Crippen LogP contribution is 2.33. The highest BCUT2D eigenvalue weighted by atomic mass is 16.5. The second-order valence-electron chi connectivity index (χ2n) is 7.89. The van der Waals surface area contributed by atoms with Gasteiger partial charge in [-0.1, -0.05) is 5.16 Å². The minimum atomic E-state index is -0.331. The van der Waals surface area contributed by atoms with E-state index in [-0.39, 0.29) is 11.5 Å². The molecule has 0 unspecified atom stereocenters. The van der Waals surface area contributed by atoms with Crippen LogP contribution in [0.4, 0.5) is 5.82 Å². The van der Waals surface area contributed by atoms with Crippen molar-refractivity contribution in [1.82, 2.24) is 25.0 Å². The molecule has 0 aliphatic carbocycles. The minimum Gasteiger partial charge on any atom is -0.372 e. The number of aromatic nitrogens is 4. The maximum atomic E-state index is 12.6. The van der Waals surface area contributed by atoms with Crippen LogP contribution >= 0.6 is 0 Å². The first kappa shape index (κ1) is 18.1. The van der Waals surface area contributed by atoms with E-state index in [0.29, 0.717) is 31.9 Å². The molecule has 152 valence electrons. The van der Waals surface area contributed by atoms with Gasteiger partial charge in [-0.2, -0.15) is 0 Å². The van der Waals surface area contributed by atoms with Crippen LogP contribution in [0, 0.1) is 6.92 Å². The molecule has 0 radical (unpaired) electrons. The van der Waals surface area contributed by atoms with Crippen molar-refractivity contribution >= 4 is 22.8 Å². The number of hydrogen-bond acceptors (Lipinski definition) is 7. The second kappa shape index (κ2) is 7.14. The molecule has 2 aliphatic rings. The van der Waals surface area contributed by atoms with Gasteiger partial charge >= 0.3 is 0 Å². The van der Waals surface area contributed by atoms with E-state index in [9.17, 15) is 4.79 Å². The largest absolute Gasteiger partial charge is 0.372 e. The first-order valence-electron chi connectivity index (χ1n) is 9.99. The van der Waals surface area contributed by atoms with Crippen LogP contribution in [-0.4, -0.2) is 62.8 Å². The van der Waals surface area contributed by atoms with Crippen molar-refractivity contribution in [2.24, 2.45) is 0 Å². The van der Waals surface area contributed by atoms with E-state index in [1.54, 1.807) is 6.33 Å². The lowest BCUT2D eigenvalue weighted by molar-refractivity contribution is -0.132. The van der Waals surface area contributed by atoms with Gasteiger partial charge in [0, 0.05) is 25.4 Å². The van der Waals surface area contributed by atoms with Crippen LogP contribution in [0.3, 0.4) is 0 Å². The zero-order valence-corrected chi connectivity index (χ0v) is 16.4. The highest BCUT2D eigenvalue weighted by molar-refractivity contribution is 5.87. The SMILES string of the molecule is Cc1cc(CN2CC3(CCN(c4ncnc5[nH]ccc45)CC3)OCCC2=O)on1. The van der Waals surface area contributed by atoms with Gasteiger partial charge in [0.1, 0.15) is 17.8 Å². The van der Waals surface area contributed by atoms with Crippen LogP contribution in [0.5, 0.6) is 0 Å². The molecule has 1 N–H and O–H groups in total. The number of carbonyl (C=O) groups is 1. The summed E-state index contributed by atoms with van der Waals surface area (Å²) in [6, 6.07) is 3.89. The number of aromatic amines is 1. The molecule has 5 rings (SSSR count). The van der Waals surface area contributed by atoms with Gasteiger partial charge < -0.3 is 24.0 Å². The third-order valence-corrected chi connectivity index (χ3v) is 5.89.